The van der Waals surface area contributed by atoms with E-state index in [9.17, 15) is 9.90 Å². The van der Waals surface area contributed by atoms with E-state index < -0.39 is 6.10 Å². The number of aromatic nitrogens is 1. The molecule has 1 amide bonds. The fraction of sp³-hybridized carbons (Fsp3) is 0.586. The molecule has 3 heterocycles. The van der Waals surface area contributed by atoms with Gasteiger partial charge in [-0.3, -0.25) is 4.79 Å². The predicted molar refractivity (Wildman–Crippen MR) is 138 cm³/mol. The largest absolute Gasteiger partial charge is 0.471 e. The maximum absolute atomic E-state index is 11.9. The van der Waals surface area contributed by atoms with Crippen LogP contribution in [0.1, 0.15) is 75.1 Å². The first kappa shape index (κ1) is 25.2. The third kappa shape index (κ3) is 5.74. The number of hydrogen-bond donors (Lipinski definition) is 3. The Morgan fingerprint density at radius 1 is 1.19 bits per heavy atom. The second-order valence-corrected chi connectivity index (χ2v) is 11.2. The van der Waals surface area contributed by atoms with Crippen molar-refractivity contribution >= 4 is 5.91 Å². The van der Waals surface area contributed by atoms with Crippen molar-refractivity contribution in [1.82, 2.24) is 15.6 Å². The highest BCUT2D eigenvalue weighted by Gasteiger charge is 2.46. The van der Waals surface area contributed by atoms with Crippen molar-refractivity contribution in [3.05, 3.63) is 59.3 Å². The minimum atomic E-state index is -0.736. The number of nitrogens with one attached hydrogen (secondary N) is 2. The summed E-state index contributed by atoms with van der Waals surface area (Å²) in [5.41, 5.74) is 2.99. The summed E-state index contributed by atoms with van der Waals surface area (Å²) in [5.74, 6) is 0.563. The van der Waals surface area contributed by atoms with Gasteiger partial charge in [0.1, 0.15) is 5.60 Å². The van der Waals surface area contributed by atoms with Gasteiger partial charge in [-0.2, -0.15) is 0 Å². The first-order valence-electron chi connectivity index (χ1n) is 13.4. The number of fused-ring (bicyclic) bond motifs is 1. The van der Waals surface area contributed by atoms with Crippen molar-refractivity contribution in [2.75, 3.05) is 13.2 Å². The minimum Gasteiger partial charge on any atom is -0.471 e. The zero-order chi connectivity index (χ0) is 25.2. The number of aliphatic hydroxyl groups is 1. The van der Waals surface area contributed by atoms with Gasteiger partial charge in [-0.1, -0.05) is 30.3 Å². The molecule has 7 heteroatoms. The van der Waals surface area contributed by atoms with Crippen LogP contribution in [0.15, 0.2) is 42.6 Å². The molecular weight excluding hydrogens is 454 g/mol. The summed E-state index contributed by atoms with van der Waals surface area (Å²) in [4.78, 5) is 16.6. The molecule has 1 aromatic heterocycles. The summed E-state index contributed by atoms with van der Waals surface area (Å²) < 4.78 is 12.4. The molecule has 4 atom stereocenters. The smallest absolute Gasteiger partial charge is 0.218 e. The first-order valence-corrected chi connectivity index (χ1v) is 13.4. The van der Waals surface area contributed by atoms with Gasteiger partial charge in [0.15, 0.2) is 0 Å². The van der Waals surface area contributed by atoms with Gasteiger partial charge in [0.25, 0.3) is 0 Å². The predicted octanol–water partition coefficient (Wildman–Crippen LogP) is 3.64. The van der Waals surface area contributed by atoms with Crippen molar-refractivity contribution in [3.8, 4) is 5.88 Å². The number of benzene rings is 1. The molecule has 2 aromatic rings. The average Bonchev–Trinajstić information content (AvgIpc) is 3.27. The van der Waals surface area contributed by atoms with Crippen LogP contribution in [0.25, 0.3) is 0 Å². The first-order chi connectivity index (χ1) is 17.3. The number of carbonyl (C=O) groups excluding carboxylic acids is 1. The molecule has 0 bridgehead atoms. The third-order valence-electron chi connectivity index (χ3n) is 8.07. The Hall–Kier alpha value is -2.48. The molecule has 3 aliphatic rings. The second kappa shape index (κ2) is 10.5. The molecule has 36 heavy (non-hydrogen) atoms. The van der Waals surface area contributed by atoms with Crippen LogP contribution in [-0.2, 0) is 22.4 Å². The number of hydrogen-bond acceptors (Lipinski definition) is 6. The average molecular weight is 494 g/mol. The topological polar surface area (TPSA) is 92.7 Å². The number of amides is 1. The van der Waals surface area contributed by atoms with Crippen molar-refractivity contribution in [2.45, 2.75) is 94.6 Å². The van der Waals surface area contributed by atoms with Crippen LogP contribution in [0.3, 0.4) is 0 Å². The highest BCUT2D eigenvalue weighted by molar-refractivity contribution is 5.73. The van der Waals surface area contributed by atoms with Crippen LogP contribution >= 0.6 is 0 Å². The minimum absolute atomic E-state index is 0.0307. The van der Waals surface area contributed by atoms with Crippen LogP contribution in [0.2, 0.25) is 0 Å². The standard InChI is InChI=1S/C29H39N3O4/c1-20(33)32-24(15-21-8-4-3-5-9-21)26(34)19-30-25-17-29(11-6-12-29)36-27-23(25)14-22(18-31-27)16-28(2)10-7-13-35-28/h3-5,8-9,14,18,24-26,30,34H,6-7,10-13,15-17,19H2,1-2H3,(H,32,33)/t24-,25-,26+,28-/m0/s1. The third-order valence-corrected chi connectivity index (χ3v) is 8.07. The summed E-state index contributed by atoms with van der Waals surface area (Å²) in [6, 6.07) is 11.8. The normalized spacial score (nSPS) is 25.9. The van der Waals surface area contributed by atoms with Crippen molar-refractivity contribution < 1.29 is 19.4 Å². The second-order valence-electron chi connectivity index (χ2n) is 11.2. The van der Waals surface area contributed by atoms with Crippen molar-refractivity contribution in [1.29, 1.82) is 0 Å². The molecule has 5 rings (SSSR count). The molecule has 1 saturated heterocycles. The molecule has 194 valence electrons. The molecule has 0 unspecified atom stereocenters. The number of carbonyl (C=O) groups is 1. The van der Waals surface area contributed by atoms with Crippen LogP contribution < -0.4 is 15.4 Å². The van der Waals surface area contributed by atoms with Gasteiger partial charge < -0.3 is 25.2 Å². The highest BCUT2D eigenvalue weighted by atomic mass is 16.5. The molecule has 1 aliphatic carbocycles. The van der Waals surface area contributed by atoms with Gasteiger partial charge in [-0.05, 0) is 62.6 Å². The quantitative estimate of drug-likeness (QED) is 0.494. The lowest BCUT2D eigenvalue weighted by Crippen LogP contribution is -2.52. The summed E-state index contributed by atoms with van der Waals surface area (Å²) >= 11 is 0. The number of nitrogens with zero attached hydrogens (tertiary/aromatic N) is 1. The fourth-order valence-corrected chi connectivity index (χ4v) is 5.96. The van der Waals surface area contributed by atoms with Crippen molar-refractivity contribution in [2.24, 2.45) is 0 Å². The molecule has 3 N–H and O–H groups in total. The molecule has 2 fully saturated rings. The molecule has 1 aromatic carbocycles. The Kier molecular flexibility index (Phi) is 7.33. The van der Waals surface area contributed by atoms with E-state index in [1.165, 1.54) is 13.3 Å². The number of ether oxygens (including phenoxy) is 2. The van der Waals surface area contributed by atoms with Crippen LogP contribution in [0.4, 0.5) is 0 Å². The maximum Gasteiger partial charge on any atom is 0.218 e. The zero-order valence-electron chi connectivity index (χ0n) is 21.5. The van der Waals surface area contributed by atoms with Gasteiger partial charge >= 0.3 is 0 Å². The van der Waals surface area contributed by atoms with Gasteiger partial charge in [0.2, 0.25) is 11.8 Å². The molecule has 2 aliphatic heterocycles. The lowest BCUT2D eigenvalue weighted by atomic mass is 9.73. The zero-order valence-corrected chi connectivity index (χ0v) is 21.5. The molecule has 1 spiro atoms. The molecule has 7 nitrogen and oxygen atoms in total. The van der Waals surface area contributed by atoms with Crippen LogP contribution in [-0.4, -0.2) is 52.5 Å². The van der Waals surface area contributed by atoms with E-state index in [0.29, 0.717) is 18.8 Å². The molecule has 0 radical (unpaired) electrons. The van der Waals surface area contributed by atoms with E-state index in [1.54, 1.807) is 0 Å². The number of pyridine rings is 1. The Morgan fingerprint density at radius 3 is 2.67 bits per heavy atom. The van der Waals surface area contributed by atoms with Gasteiger partial charge in [0.05, 0.1) is 17.7 Å². The molecular formula is C29H39N3O4. The van der Waals surface area contributed by atoms with E-state index in [1.807, 2.05) is 36.5 Å². The summed E-state index contributed by atoms with van der Waals surface area (Å²) in [6.07, 6.45) is 8.84. The Labute approximate surface area is 214 Å². The lowest BCUT2D eigenvalue weighted by molar-refractivity contribution is -0.120. The van der Waals surface area contributed by atoms with Crippen LogP contribution in [0.5, 0.6) is 5.88 Å². The Morgan fingerprint density at radius 2 is 2.00 bits per heavy atom. The van der Waals surface area contributed by atoms with Crippen LogP contribution in [0, 0.1) is 0 Å². The van der Waals surface area contributed by atoms with E-state index in [0.717, 1.165) is 61.8 Å². The Balaban J connectivity index is 1.31. The maximum atomic E-state index is 11.9. The SMILES string of the molecule is CC(=O)N[C@@H](Cc1ccccc1)[C@H](O)CN[C@H]1CC2(CCC2)Oc2ncc(C[C@]3(C)CCCO3)cc21. The van der Waals surface area contributed by atoms with E-state index >= 15 is 0 Å². The number of rotatable bonds is 9. The monoisotopic (exact) mass is 493 g/mol. The summed E-state index contributed by atoms with van der Waals surface area (Å²) in [5, 5.41) is 17.7. The number of aliphatic hydroxyl groups excluding tert-OH is 1. The lowest BCUT2D eigenvalue weighted by Gasteiger charge is -2.47. The van der Waals surface area contributed by atoms with Gasteiger partial charge in [-0.25, -0.2) is 4.98 Å². The van der Waals surface area contributed by atoms with E-state index in [2.05, 4.69) is 23.6 Å². The summed E-state index contributed by atoms with van der Waals surface area (Å²) in [6.45, 7) is 4.86. The van der Waals surface area contributed by atoms with E-state index in [-0.39, 0.29) is 29.2 Å². The van der Waals surface area contributed by atoms with E-state index in [4.69, 9.17) is 14.5 Å². The van der Waals surface area contributed by atoms with Gasteiger partial charge in [-0.15, -0.1) is 0 Å². The summed E-state index contributed by atoms with van der Waals surface area (Å²) in [7, 11) is 0. The Bertz CT molecular complexity index is 1050. The highest BCUT2D eigenvalue weighted by Crippen LogP contribution is 2.48. The molecule has 1 saturated carbocycles. The fourth-order valence-electron chi connectivity index (χ4n) is 5.96. The van der Waals surface area contributed by atoms with Crippen molar-refractivity contribution in [3.63, 3.8) is 0 Å². The van der Waals surface area contributed by atoms with Gasteiger partial charge in [0, 0.05) is 50.7 Å².